The van der Waals surface area contributed by atoms with Gasteiger partial charge in [0.15, 0.2) is 0 Å². The number of hydrogen-bond acceptors (Lipinski definition) is 3. The average molecular weight is 422 g/mol. The molecule has 0 radical (unpaired) electrons. The Morgan fingerprint density at radius 2 is 1.77 bits per heavy atom. The second kappa shape index (κ2) is 8.47. The molecule has 0 atom stereocenters. The number of aromatic amines is 1. The third-order valence-electron chi connectivity index (χ3n) is 4.65. The first-order valence-electron chi connectivity index (χ1n) is 9.27. The normalized spacial score (nSPS) is 10.9. The molecule has 0 spiro atoms. The summed E-state index contributed by atoms with van der Waals surface area (Å²) < 4.78 is 13.7. The molecule has 150 valence electrons. The van der Waals surface area contributed by atoms with E-state index in [4.69, 9.17) is 11.6 Å². The van der Waals surface area contributed by atoms with Crippen molar-refractivity contribution < 1.29 is 9.18 Å². The molecule has 0 fully saturated rings. The number of nitrogens with one attached hydrogen (secondary N) is 1. The highest BCUT2D eigenvalue weighted by molar-refractivity contribution is 6.30. The van der Waals surface area contributed by atoms with E-state index in [-0.39, 0.29) is 30.1 Å². The van der Waals surface area contributed by atoms with Crippen molar-refractivity contribution in [2.45, 2.75) is 13.1 Å². The number of fused-ring (bicyclic) bond motifs is 1. The highest BCUT2D eigenvalue weighted by Gasteiger charge is 2.19. The van der Waals surface area contributed by atoms with Gasteiger partial charge in [-0.3, -0.25) is 9.59 Å². The van der Waals surface area contributed by atoms with Crippen LogP contribution in [0.15, 0.2) is 77.6 Å². The molecule has 1 heterocycles. The van der Waals surface area contributed by atoms with E-state index in [0.717, 1.165) is 5.56 Å². The van der Waals surface area contributed by atoms with E-state index in [2.05, 4.69) is 9.97 Å². The average Bonchev–Trinajstić information content (AvgIpc) is 2.74. The van der Waals surface area contributed by atoms with Crippen LogP contribution in [0, 0.1) is 5.82 Å². The zero-order valence-electron chi connectivity index (χ0n) is 15.8. The number of hydrogen-bond donors (Lipinski definition) is 1. The zero-order chi connectivity index (χ0) is 21.1. The summed E-state index contributed by atoms with van der Waals surface area (Å²) in [6.45, 7) is 0.293. The minimum atomic E-state index is -0.496. The molecule has 4 aromatic rings. The number of amides is 1. The molecule has 0 saturated heterocycles. The van der Waals surface area contributed by atoms with Gasteiger partial charge in [0.1, 0.15) is 11.6 Å². The smallest absolute Gasteiger partial charge is 0.258 e. The summed E-state index contributed by atoms with van der Waals surface area (Å²) in [5, 5.41) is 1.06. The summed E-state index contributed by atoms with van der Waals surface area (Å²) in [5.41, 5.74) is 1.32. The lowest BCUT2D eigenvalue weighted by atomic mass is 10.1. The maximum atomic E-state index is 13.7. The van der Waals surface area contributed by atoms with Gasteiger partial charge in [-0.1, -0.05) is 41.9 Å². The van der Waals surface area contributed by atoms with Gasteiger partial charge in [0, 0.05) is 17.1 Å². The van der Waals surface area contributed by atoms with Crippen LogP contribution in [0.2, 0.25) is 5.02 Å². The number of carbonyl (C=O) groups excluding carboxylic acids is 1. The lowest BCUT2D eigenvalue weighted by Gasteiger charge is -2.23. The summed E-state index contributed by atoms with van der Waals surface area (Å²) in [4.78, 5) is 34.3. The zero-order valence-corrected chi connectivity index (χ0v) is 16.6. The van der Waals surface area contributed by atoms with E-state index in [1.807, 2.05) is 12.1 Å². The molecule has 3 aromatic carbocycles. The fourth-order valence-electron chi connectivity index (χ4n) is 3.20. The van der Waals surface area contributed by atoms with E-state index in [0.29, 0.717) is 21.7 Å². The van der Waals surface area contributed by atoms with Crippen LogP contribution in [0.5, 0.6) is 0 Å². The highest BCUT2D eigenvalue weighted by Crippen LogP contribution is 2.16. The Kier molecular flexibility index (Phi) is 5.59. The number of halogens is 2. The number of benzene rings is 3. The van der Waals surface area contributed by atoms with Gasteiger partial charge in [0.25, 0.3) is 11.5 Å². The molecule has 1 N–H and O–H groups in total. The van der Waals surface area contributed by atoms with Crippen LogP contribution in [0.1, 0.15) is 21.7 Å². The highest BCUT2D eigenvalue weighted by atomic mass is 35.5. The number of H-pyrrole nitrogens is 1. The molecule has 0 bridgehead atoms. The molecule has 0 unspecified atom stereocenters. The first kappa shape index (κ1) is 19.8. The minimum Gasteiger partial charge on any atom is -0.327 e. The van der Waals surface area contributed by atoms with Crippen LogP contribution in [0.3, 0.4) is 0 Å². The van der Waals surface area contributed by atoms with Crippen LogP contribution in [0.25, 0.3) is 10.9 Å². The maximum absolute atomic E-state index is 13.7. The molecule has 1 amide bonds. The molecular formula is C23H17ClFN3O2. The quantitative estimate of drug-likeness (QED) is 0.513. The third-order valence-corrected chi connectivity index (χ3v) is 4.90. The van der Waals surface area contributed by atoms with E-state index in [9.17, 15) is 14.0 Å². The standard InChI is InChI=1S/C23H17ClFN3O2/c24-17-10-8-15(9-11-17)13-28(23(30)16-4-3-5-18(25)12-16)14-21-26-20-7-2-1-6-19(20)22(29)27-21/h1-12H,13-14H2,(H,26,27,29). The van der Waals surface area contributed by atoms with Gasteiger partial charge >= 0.3 is 0 Å². The predicted octanol–water partition coefficient (Wildman–Crippen LogP) is 4.56. The monoisotopic (exact) mass is 421 g/mol. The Morgan fingerprint density at radius 3 is 2.53 bits per heavy atom. The first-order chi connectivity index (χ1) is 14.5. The Morgan fingerprint density at radius 1 is 1.00 bits per heavy atom. The Balaban J connectivity index is 1.70. The summed E-state index contributed by atoms with van der Waals surface area (Å²) in [6.07, 6.45) is 0. The fourth-order valence-corrected chi connectivity index (χ4v) is 3.33. The van der Waals surface area contributed by atoms with Crippen LogP contribution >= 0.6 is 11.6 Å². The molecule has 0 aliphatic carbocycles. The fraction of sp³-hybridized carbons (Fsp3) is 0.0870. The van der Waals surface area contributed by atoms with E-state index < -0.39 is 5.82 Å². The molecule has 0 aliphatic rings. The van der Waals surface area contributed by atoms with Gasteiger partial charge in [-0.05, 0) is 48.0 Å². The number of nitrogens with zero attached hydrogens (tertiary/aromatic N) is 2. The molecule has 0 saturated carbocycles. The summed E-state index contributed by atoms with van der Waals surface area (Å²) in [7, 11) is 0. The molecule has 1 aromatic heterocycles. The van der Waals surface area contributed by atoms with E-state index >= 15 is 0 Å². The second-order valence-corrected chi connectivity index (χ2v) is 7.26. The maximum Gasteiger partial charge on any atom is 0.258 e. The van der Waals surface area contributed by atoms with E-state index in [1.54, 1.807) is 42.5 Å². The summed E-state index contributed by atoms with van der Waals surface area (Å²) in [5.74, 6) is -0.526. The van der Waals surface area contributed by atoms with Crippen LogP contribution in [0.4, 0.5) is 4.39 Å². The lowest BCUT2D eigenvalue weighted by Crippen LogP contribution is -2.31. The molecule has 7 heteroatoms. The summed E-state index contributed by atoms with van der Waals surface area (Å²) in [6, 6.07) is 19.6. The van der Waals surface area contributed by atoms with Gasteiger partial charge < -0.3 is 9.88 Å². The van der Waals surface area contributed by atoms with Crippen molar-refractivity contribution in [3.05, 3.63) is 111 Å². The van der Waals surface area contributed by atoms with Gasteiger partial charge in [-0.15, -0.1) is 0 Å². The van der Waals surface area contributed by atoms with Crippen LogP contribution < -0.4 is 5.56 Å². The van der Waals surface area contributed by atoms with Crippen molar-refractivity contribution in [1.29, 1.82) is 0 Å². The van der Waals surface area contributed by atoms with Crippen molar-refractivity contribution in [3.63, 3.8) is 0 Å². The number of rotatable bonds is 5. The third kappa shape index (κ3) is 4.39. The molecule has 30 heavy (non-hydrogen) atoms. The van der Waals surface area contributed by atoms with Crippen LogP contribution in [-0.2, 0) is 13.1 Å². The molecular weight excluding hydrogens is 405 g/mol. The van der Waals surface area contributed by atoms with Crippen molar-refractivity contribution in [3.8, 4) is 0 Å². The second-order valence-electron chi connectivity index (χ2n) is 6.83. The van der Waals surface area contributed by atoms with Gasteiger partial charge in [-0.2, -0.15) is 0 Å². The Hall–Kier alpha value is -3.51. The predicted molar refractivity (Wildman–Crippen MR) is 114 cm³/mol. The number of carbonyl (C=O) groups is 1. The SMILES string of the molecule is O=C(c1cccc(F)c1)N(Cc1ccc(Cl)cc1)Cc1nc2ccccc2c(=O)[nH]1. The number of para-hydroxylation sites is 1. The van der Waals surface area contributed by atoms with Crippen LogP contribution in [-0.4, -0.2) is 20.8 Å². The Bertz CT molecular complexity index is 1270. The summed E-state index contributed by atoms with van der Waals surface area (Å²) >= 11 is 5.95. The van der Waals surface area contributed by atoms with Crippen molar-refractivity contribution in [2.75, 3.05) is 0 Å². The van der Waals surface area contributed by atoms with Gasteiger partial charge in [0.05, 0.1) is 17.4 Å². The lowest BCUT2D eigenvalue weighted by molar-refractivity contribution is 0.0725. The molecule has 5 nitrogen and oxygen atoms in total. The van der Waals surface area contributed by atoms with Gasteiger partial charge in [-0.25, -0.2) is 9.37 Å². The topological polar surface area (TPSA) is 66.1 Å². The first-order valence-corrected chi connectivity index (χ1v) is 9.64. The minimum absolute atomic E-state index is 0.0536. The largest absolute Gasteiger partial charge is 0.327 e. The van der Waals surface area contributed by atoms with Crippen molar-refractivity contribution in [1.82, 2.24) is 14.9 Å². The van der Waals surface area contributed by atoms with Crippen molar-refractivity contribution >= 4 is 28.4 Å². The van der Waals surface area contributed by atoms with E-state index in [1.165, 1.54) is 23.1 Å². The van der Waals surface area contributed by atoms with Crippen molar-refractivity contribution in [2.24, 2.45) is 0 Å². The van der Waals surface area contributed by atoms with Gasteiger partial charge in [0.2, 0.25) is 0 Å². The number of aromatic nitrogens is 2. The Labute approximate surface area is 176 Å². The molecule has 0 aliphatic heterocycles. The molecule has 4 rings (SSSR count).